The van der Waals surface area contributed by atoms with Gasteiger partial charge < -0.3 is 15.1 Å². The number of rotatable bonds is 4. The summed E-state index contributed by atoms with van der Waals surface area (Å²) in [4.78, 5) is 31.2. The molecule has 1 atom stereocenters. The van der Waals surface area contributed by atoms with Gasteiger partial charge in [-0.25, -0.2) is 0 Å². The van der Waals surface area contributed by atoms with Gasteiger partial charge in [0.1, 0.15) is 11.5 Å². The van der Waals surface area contributed by atoms with Crippen molar-refractivity contribution in [2.45, 2.75) is 12.6 Å². The lowest BCUT2D eigenvalue weighted by atomic mass is 9.95. The first kappa shape index (κ1) is 19.7. The molecular formula is C23H17ClN2O4. The van der Waals surface area contributed by atoms with Crippen LogP contribution in [0.2, 0.25) is 5.02 Å². The highest BCUT2D eigenvalue weighted by Gasteiger charge is 2.46. The summed E-state index contributed by atoms with van der Waals surface area (Å²) in [6, 6.07) is 15.3. The first-order chi connectivity index (χ1) is 14.5. The second kappa shape index (κ2) is 8.00. The molecule has 2 heterocycles. The molecule has 1 amide bonds. The van der Waals surface area contributed by atoms with Gasteiger partial charge in [-0.2, -0.15) is 0 Å². The van der Waals surface area contributed by atoms with Crippen molar-refractivity contribution in [3.8, 4) is 5.75 Å². The van der Waals surface area contributed by atoms with E-state index in [1.165, 1.54) is 17.0 Å². The van der Waals surface area contributed by atoms with E-state index >= 15 is 0 Å². The first-order valence-electron chi connectivity index (χ1n) is 9.18. The van der Waals surface area contributed by atoms with Gasteiger partial charge in [0, 0.05) is 29.5 Å². The lowest BCUT2D eigenvalue weighted by Gasteiger charge is -2.25. The Labute approximate surface area is 177 Å². The molecule has 1 unspecified atom stereocenters. The topological polar surface area (TPSA) is 90.7 Å². The molecule has 0 spiro atoms. The van der Waals surface area contributed by atoms with Gasteiger partial charge in [0.05, 0.1) is 11.6 Å². The maximum Gasteiger partial charge on any atom is 0.295 e. The van der Waals surface area contributed by atoms with Gasteiger partial charge in [-0.05, 0) is 59.7 Å². The number of aromatic nitrogens is 1. The number of hydrogen-bond acceptors (Lipinski definition) is 5. The van der Waals surface area contributed by atoms with E-state index in [-0.39, 0.29) is 23.6 Å². The molecule has 7 heteroatoms. The van der Waals surface area contributed by atoms with Crippen LogP contribution in [0.5, 0.6) is 5.75 Å². The van der Waals surface area contributed by atoms with Gasteiger partial charge in [-0.1, -0.05) is 23.7 Å². The van der Waals surface area contributed by atoms with Crippen molar-refractivity contribution >= 4 is 29.1 Å². The molecule has 1 saturated heterocycles. The van der Waals surface area contributed by atoms with Crippen LogP contribution in [0, 0.1) is 0 Å². The van der Waals surface area contributed by atoms with Crippen LogP contribution in [0.3, 0.4) is 0 Å². The van der Waals surface area contributed by atoms with Crippen molar-refractivity contribution < 1.29 is 19.8 Å². The summed E-state index contributed by atoms with van der Waals surface area (Å²) >= 11 is 5.92. The molecule has 0 aliphatic carbocycles. The maximum atomic E-state index is 12.9. The Kier molecular flexibility index (Phi) is 5.25. The Morgan fingerprint density at radius 3 is 2.40 bits per heavy atom. The molecule has 0 radical (unpaired) electrons. The smallest absolute Gasteiger partial charge is 0.295 e. The summed E-state index contributed by atoms with van der Waals surface area (Å²) in [6.45, 7) is 0.144. The predicted molar refractivity (Wildman–Crippen MR) is 112 cm³/mol. The number of ketones is 1. The number of phenols is 1. The first-order valence-corrected chi connectivity index (χ1v) is 9.55. The number of hydrogen-bond donors (Lipinski definition) is 2. The van der Waals surface area contributed by atoms with Crippen molar-refractivity contribution in [3.05, 3.63) is 100 Å². The average molecular weight is 421 g/mol. The van der Waals surface area contributed by atoms with Gasteiger partial charge in [-0.15, -0.1) is 0 Å². The van der Waals surface area contributed by atoms with Gasteiger partial charge in [0.2, 0.25) is 0 Å². The fraction of sp³-hybridized carbons (Fsp3) is 0.0870. The number of likely N-dealkylation sites (tertiary alicyclic amines) is 1. The monoisotopic (exact) mass is 420 g/mol. The molecule has 1 fully saturated rings. The fourth-order valence-corrected chi connectivity index (χ4v) is 3.66. The zero-order chi connectivity index (χ0) is 21.3. The number of nitrogens with zero attached hydrogens (tertiary/aromatic N) is 2. The average Bonchev–Trinajstić information content (AvgIpc) is 2.99. The molecule has 150 valence electrons. The largest absolute Gasteiger partial charge is 0.508 e. The minimum absolute atomic E-state index is 0.00603. The Morgan fingerprint density at radius 1 is 1.03 bits per heavy atom. The number of carbonyl (C=O) groups is 2. The van der Waals surface area contributed by atoms with Gasteiger partial charge in [-0.3, -0.25) is 14.6 Å². The third-order valence-electron chi connectivity index (χ3n) is 4.95. The summed E-state index contributed by atoms with van der Waals surface area (Å²) in [7, 11) is 0. The molecule has 0 saturated carbocycles. The lowest BCUT2D eigenvalue weighted by molar-refractivity contribution is -0.140. The molecule has 4 rings (SSSR count). The van der Waals surface area contributed by atoms with Crippen molar-refractivity contribution in [3.63, 3.8) is 0 Å². The number of pyridine rings is 1. The summed E-state index contributed by atoms with van der Waals surface area (Å²) < 4.78 is 0. The highest BCUT2D eigenvalue weighted by Crippen LogP contribution is 2.41. The molecule has 6 nitrogen and oxygen atoms in total. The highest BCUT2D eigenvalue weighted by molar-refractivity contribution is 6.46. The van der Waals surface area contributed by atoms with Crippen LogP contribution < -0.4 is 0 Å². The van der Waals surface area contributed by atoms with E-state index < -0.39 is 17.7 Å². The Balaban J connectivity index is 1.87. The van der Waals surface area contributed by atoms with Crippen molar-refractivity contribution in [1.29, 1.82) is 0 Å². The van der Waals surface area contributed by atoms with E-state index in [9.17, 15) is 19.8 Å². The van der Waals surface area contributed by atoms with Gasteiger partial charge in [0.15, 0.2) is 0 Å². The standard InChI is InChI=1S/C23H17ClN2O4/c24-17-6-4-15(5-7-17)21(28)19-20(16-2-1-3-18(27)12-16)26(23(30)22(19)29)13-14-8-10-25-11-9-14/h1-12,20,27-28H,13H2/b21-19-. The molecule has 0 bridgehead atoms. The zero-order valence-corrected chi connectivity index (χ0v) is 16.5. The molecule has 1 aliphatic heterocycles. The molecule has 1 aliphatic rings. The summed E-state index contributed by atoms with van der Waals surface area (Å²) in [5, 5.41) is 21.4. The minimum atomic E-state index is -0.860. The highest BCUT2D eigenvalue weighted by atomic mass is 35.5. The number of amides is 1. The van der Waals surface area contributed by atoms with Crippen LogP contribution in [0.25, 0.3) is 5.76 Å². The second-order valence-electron chi connectivity index (χ2n) is 6.88. The number of phenolic OH excluding ortho intramolecular Hbond substituents is 1. The number of Topliss-reactive ketones (excluding diaryl/α,β-unsaturated/α-hetero) is 1. The van der Waals surface area contributed by atoms with E-state index in [1.807, 2.05) is 0 Å². The van der Waals surface area contributed by atoms with E-state index in [0.29, 0.717) is 16.1 Å². The third kappa shape index (κ3) is 3.65. The SMILES string of the molecule is O=C1C(=O)N(Cc2ccncc2)C(c2cccc(O)c2)/C1=C(/O)c1ccc(Cl)cc1. The lowest BCUT2D eigenvalue weighted by Crippen LogP contribution is -2.29. The van der Waals surface area contributed by atoms with Crippen LogP contribution in [-0.2, 0) is 16.1 Å². The summed E-state index contributed by atoms with van der Waals surface area (Å²) in [5.41, 5.74) is 1.62. The van der Waals surface area contributed by atoms with Crippen molar-refractivity contribution in [1.82, 2.24) is 9.88 Å². The van der Waals surface area contributed by atoms with E-state index in [4.69, 9.17) is 11.6 Å². The van der Waals surface area contributed by atoms with E-state index in [0.717, 1.165) is 5.56 Å². The second-order valence-corrected chi connectivity index (χ2v) is 7.32. The Hall–Kier alpha value is -3.64. The molecular weight excluding hydrogens is 404 g/mol. The van der Waals surface area contributed by atoms with E-state index in [2.05, 4.69) is 4.98 Å². The quantitative estimate of drug-likeness (QED) is 0.377. The normalized spacial score (nSPS) is 18.0. The maximum absolute atomic E-state index is 12.9. The minimum Gasteiger partial charge on any atom is -0.508 e. The molecule has 1 aromatic heterocycles. The number of benzene rings is 2. The number of aliphatic hydroxyl groups is 1. The van der Waals surface area contributed by atoms with Crippen LogP contribution in [0.15, 0.2) is 78.6 Å². The number of halogens is 1. The fourth-order valence-electron chi connectivity index (χ4n) is 3.53. The predicted octanol–water partition coefficient (Wildman–Crippen LogP) is 4.06. The Bertz CT molecular complexity index is 1140. The zero-order valence-electron chi connectivity index (χ0n) is 15.7. The number of aliphatic hydroxyl groups excluding tert-OH is 1. The summed E-state index contributed by atoms with van der Waals surface area (Å²) in [5.74, 6) is -1.82. The van der Waals surface area contributed by atoms with Gasteiger partial charge >= 0.3 is 0 Å². The number of aromatic hydroxyl groups is 1. The van der Waals surface area contributed by atoms with Gasteiger partial charge in [0.25, 0.3) is 11.7 Å². The van der Waals surface area contributed by atoms with Crippen LogP contribution in [0.1, 0.15) is 22.7 Å². The molecule has 3 aromatic rings. The number of carbonyl (C=O) groups excluding carboxylic acids is 2. The molecule has 2 N–H and O–H groups in total. The molecule has 2 aromatic carbocycles. The van der Waals surface area contributed by atoms with E-state index in [1.54, 1.807) is 60.9 Å². The third-order valence-corrected chi connectivity index (χ3v) is 5.20. The summed E-state index contributed by atoms with van der Waals surface area (Å²) in [6.07, 6.45) is 3.20. The van der Waals surface area contributed by atoms with Crippen LogP contribution in [0.4, 0.5) is 0 Å². The molecule has 30 heavy (non-hydrogen) atoms. The van der Waals surface area contributed by atoms with Crippen molar-refractivity contribution in [2.24, 2.45) is 0 Å². The van der Waals surface area contributed by atoms with Crippen LogP contribution in [-0.4, -0.2) is 31.8 Å². The van der Waals surface area contributed by atoms with Crippen molar-refractivity contribution in [2.75, 3.05) is 0 Å². The Morgan fingerprint density at radius 2 is 1.73 bits per heavy atom. The van der Waals surface area contributed by atoms with Crippen LogP contribution >= 0.6 is 11.6 Å².